The van der Waals surface area contributed by atoms with Gasteiger partial charge in [0.25, 0.3) is 0 Å². The van der Waals surface area contributed by atoms with Gasteiger partial charge >= 0.3 is 0 Å². The van der Waals surface area contributed by atoms with Crippen molar-refractivity contribution in [1.82, 2.24) is 10.6 Å². The molecule has 0 aliphatic carbocycles. The van der Waals surface area contributed by atoms with E-state index in [1.54, 1.807) is 0 Å². The maximum Gasteiger partial charge on any atom is 0.237 e. The molecule has 4 heteroatoms. The highest BCUT2D eigenvalue weighted by Crippen LogP contribution is 2.07. The molecule has 0 saturated carbocycles. The quantitative estimate of drug-likeness (QED) is 0.635. The summed E-state index contributed by atoms with van der Waals surface area (Å²) in [5, 5.41) is 6.43. The number of thioether (sulfide) groups is 1. The van der Waals surface area contributed by atoms with Crippen LogP contribution in [0.2, 0.25) is 0 Å². The molecule has 0 radical (unpaired) electrons. The maximum absolute atomic E-state index is 11.4. The smallest absolute Gasteiger partial charge is 0.237 e. The van der Waals surface area contributed by atoms with E-state index in [-0.39, 0.29) is 11.9 Å². The first-order valence-corrected chi connectivity index (χ1v) is 6.38. The van der Waals surface area contributed by atoms with Gasteiger partial charge in [0.1, 0.15) is 0 Å². The number of amides is 1. The van der Waals surface area contributed by atoms with Gasteiger partial charge in [-0.1, -0.05) is 12.8 Å². The normalized spacial score (nSPS) is 14.0. The zero-order valence-electron chi connectivity index (χ0n) is 9.67. The predicted octanol–water partition coefficient (Wildman–Crippen LogP) is 0.855. The highest BCUT2D eigenvalue weighted by Gasteiger charge is 2.10. The molecule has 0 heterocycles. The Morgan fingerprint density at radius 2 is 2.20 bits per heavy atom. The number of terminal acetylenes is 1. The molecule has 0 fully saturated rings. The molecule has 0 spiro atoms. The van der Waals surface area contributed by atoms with Crippen LogP contribution in [0.15, 0.2) is 0 Å². The summed E-state index contributed by atoms with van der Waals surface area (Å²) < 4.78 is 0. The van der Waals surface area contributed by atoms with Crippen LogP contribution in [0.3, 0.4) is 0 Å². The lowest BCUT2D eigenvalue weighted by atomic mass is 10.2. The van der Waals surface area contributed by atoms with Crippen molar-refractivity contribution in [2.75, 3.05) is 19.3 Å². The Kier molecular flexibility index (Phi) is 8.25. The van der Waals surface area contributed by atoms with Crippen LogP contribution in [-0.4, -0.2) is 36.5 Å². The lowest BCUT2D eigenvalue weighted by Gasteiger charge is -2.14. The summed E-state index contributed by atoms with van der Waals surface area (Å²) in [5.41, 5.74) is 0. The molecule has 1 amide bonds. The summed E-state index contributed by atoms with van der Waals surface area (Å²) in [4.78, 5) is 11.4. The Morgan fingerprint density at radius 3 is 2.73 bits per heavy atom. The average molecular weight is 228 g/mol. The lowest BCUT2D eigenvalue weighted by molar-refractivity contribution is -0.122. The van der Waals surface area contributed by atoms with Crippen molar-refractivity contribution in [2.24, 2.45) is 0 Å². The van der Waals surface area contributed by atoms with Gasteiger partial charge in [-0.15, -0.1) is 6.42 Å². The van der Waals surface area contributed by atoms with E-state index < -0.39 is 0 Å². The number of hydrogen-bond acceptors (Lipinski definition) is 3. The minimum Gasteiger partial charge on any atom is -0.344 e. The van der Waals surface area contributed by atoms with Crippen LogP contribution in [-0.2, 0) is 4.79 Å². The second kappa shape index (κ2) is 8.63. The van der Waals surface area contributed by atoms with E-state index in [9.17, 15) is 4.79 Å². The zero-order valence-corrected chi connectivity index (χ0v) is 10.5. The second-order valence-corrected chi connectivity index (χ2v) is 4.71. The van der Waals surface area contributed by atoms with E-state index in [1.807, 2.05) is 18.7 Å². The molecular weight excluding hydrogens is 208 g/mol. The van der Waals surface area contributed by atoms with Crippen LogP contribution in [0, 0.1) is 12.3 Å². The molecule has 15 heavy (non-hydrogen) atoms. The molecule has 3 nitrogen and oxygen atoms in total. The molecule has 0 aromatic heterocycles. The van der Waals surface area contributed by atoms with Gasteiger partial charge in [-0.2, -0.15) is 11.8 Å². The molecule has 0 bridgehead atoms. The molecule has 0 aromatic rings. The van der Waals surface area contributed by atoms with Crippen LogP contribution in [0.4, 0.5) is 0 Å². The molecule has 0 aliphatic rings. The predicted molar refractivity (Wildman–Crippen MR) is 66.9 cm³/mol. The van der Waals surface area contributed by atoms with E-state index in [0.29, 0.717) is 11.8 Å². The van der Waals surface area contributed by atoms with Crippen molar-refractivity contribution < 1.29 is 4.79 Å². The minimum absolute atomic E-state index is 0.0373. The lowest BCUT2D eigenvalue weighted by Crippen LogP contribution is -2.42. The van der Waals surface area contributed by atoms with Gasteiger partial charge in [-0.25, -0.2) is 0 Å². The summed E-state index contributed by atoms with van der Waals surface area (Å²) in [6.07, 6.45) is 8.20. The fourth-order valence-electron chi connectivity index (χ4n) is 1.00. The van der Waals surface area contributed by atoms with E-state index in [2.05, 4.69) is 29.7 Å². The average Bonchev–Trinajstić information content (AvgIpc) is 2.25. The van der Waals surface area contributed by atoms with Gasteiger partial charge in [-0.3, -0.25) is 4.79 Å². The van der Waals surface area contributed by atoms with E-state index >= 15 is 0 Å². The van der Waals surface area contributed by atoms with Gasteiger partial charge < -0.3 is 10.6 Å². The Bertz CT molecular complexity index is 225. The molecule has 2 N–H and O–H groups in total. The summed E-state index contributed by atoms with van der Waals surface area (Å²) >= 11 is 1.83. The van der Waals surface area contributed by atoms with E-state index in [1.165, 1.54) is 0 Å². The van der Waals surface area contributed by atoms with Crippen LogP contribution >= 0.6 is 11.8 Å². The van der Waals surface area contributed by atoms with E-state index in [4.69, 9.17) is 6.42 Å². The first-order valence-electron chi connectivity index (χ1n) is 5.09. The van der Waals surface area contributed by atoms with Crippen molar-refractivity contribution in [3.8, 4) is 12.3 Å². The molecule has 2 atom stereocenters. The van der Waals surface area contributed by atoms with Crippen molar-refractivity contribution in [2.45, 2.75) is 31.6 Å². The fraction of sp³-hybridized carbons (Fsp3) is 0.727. The van der Waals surface area contributed by atoms with Crippen molar-refractivity contribution >= 4 is 17.7 Å². The van der Waals surface area contributed by atoms with Crippen molar-refractivity contribution in [3.05, 3.63) is 0 Å². The first kappa shape index (κ1) is 14.3. The van der Waals surface area contributed by atoms with Crippen LogP contribution in [0.25, 0.3) is 0 Å². The third-order valence-electron chi connectivity index (χ3n) is 2.16. The molecule has 2 unspecified atom stereocenters. The molecular formula is C11H20N2OS. The Morgan fingerprint density at radius 1 is 1.53 bits per heavy atom. The van der Waals surface area contributed by atoms with Crippen molar-refractivity contribution in [1.29, 1.82) is 0 Å². The highest BCUT2D eigenvalue weighted by atomic mass is 32.2. The van der Waals surface area contributed by atoms with Crippen LogP contribution < -0.4 is 10.6 Å². The monoisotopic (exact) mass is 228 g/mol. The van der Waals surface area contributed by atoms with Gasteiger partial charge in [0, 0.05) is 5.25 Å². The molecule has 0 aliphatic heterocycles. The summed E-state index contributed by atoms with van der Waals surface area (Å²) in [7, 11) is 0. The maximum atomic E-state index is 11.4. The Labute approximate surface area is 96.8 Å². The number of carbonyl (C=O) groups excluding carboxylic acids is 1. The molecule has 86 valence electrons. The molecule has 0 aromatic carbocycles. The SMILES string of the molecule is C#CCNC(=O)C(C)NCCC(C)SC. The van der Waals surface area contributed by atoms with Crippen LogP contribution in [0.5, 0.6) is 0 Å². The second-order valence-electron chi connectivity index (χ2n) is 3.43. The van der Waals surface area contributed by atoms with Gasteiger partial charge in [0.15, 0.2) is 0 Å². The van der Waals surface area contributed by atoms with Gasteiger partial charge in [0.2, 0.25) is 5.91 Å². The number of carbonyl (C=O) groups is 1. The third kappa shape index (κ3) is 7.29. The van der Waals surface area contributed by atoms with E-state index in [0.717, 1.165) is 13.0 Å². The fourth-order valence-corrected chi connectivity index (χ4v) is 1.36. The minimum atomic E-state index is -0.174. The first-order chi connectivity index (χ1) is 7.11. The van der Waals surface area contributed by atoms with Gasteiger partial charge in [0.05, 0.1) is 12.6 Å². The number of hydrogen-bond donors (Lipinski definition) is 2. The third-order valence-corrected chi connectivity index (χ3v) is 3.20. The highest BCUT2D eigenvalue weighted by molar-refractivity contribution is 7.99. The number of rotatable bonds is 7. The molecule has 0 rings (SSSR count). The Hall–Kier alpha value is -0.660. The van der Waals surface area contributed by atoms with Crippen molar-refractivity contribution in [3.63, 3.8) is 0 Å². The topological polar surface area (TPSA) is 41.1 Å². The summed E-state index contributed by atoms with van der Waals surface area (Å²) in [6.45, 7) is 5.17. The largest absolute Gasteiger partial charge is 0.344 e. The van der Waals surface area contributed by atoms with Gasteiger partial charge in [-0.05, 0) is 26.1 Å². The number of nitrogens with one attached hydrogen (secondary N) is 2. The summed E-state index contributed by atoms with van der Waals surface area (Å²) in [6, 6.07) is -0.174. The standard InChI is InChI=1S/C11H20N2OS/c1-5-7-13-11(14)10(3)12-8-6-9(2)15-4/h1,9-10,12H,6-8H2,2-4H3,(H,13,14). The van der Waals surface area contributed by atoms with Crippen LogP contribution in [0.1, 0.15) is 20.3 Å². The summed E-state index contributed by atoms with van der Waals surface area (Å²) in [5.74, 6) is 2.34. The zero-order chi connectivity index (χ0) is 11.7. The Balaban J connectivity index is 3.60. The molecule has 0 saturated heterocycles.